The van der Waals surface area contributed by atoms with Crippen LogP contribution in [0.5, 0.6) is 0 Å². The summed E-state index contributed by atoms with van der Waals surface area (Å²) in [5.41, 5.74) is 1.19. The summed E-state index contributed by atoms with van der Waals surface area (Å²) in [6.45, 7) is 6.89. The summed E-state index contributed by atoms with van der Waals surface area (Å²) >= 11 is 0. The summed E-state index contributed by atoms with van der Waals surface area (Å²) in [6.07, 6.45) is 1.06. The highest BCUT2D eigenvalue weighted by Gasteiger charge is 2.03. The van der Waals surface area contributed by atoms with Crippen LogP contribution < -0.4 is 5.32 Å². The number of ether oxygens (including phenoxy) is 1. The molecule has 0 spiro atoms. The number of hydrogen-bond acceptors (Lipinski definition) is 3. The van der Waals surface area contributed by atoms with Gasteiger partial charge in [0.2, 0.25) is 0 Å². The number of halogens is 1. The lowest BCUT2D eigenvalue weighted by Gasteiger charge is -2.08. The molecule has 0 fully saturated rings. The highest BCUT2D eigenvalue weighted by atomic mass is 19.1. The highest BCUT2D eigenvalue weighted by Crippen LogP contribution is 2.09. The Morgan fingerprint density at radius 3 is 2.84 bits per heavy atom. The number of hydrogen-bond donors (Lipinski definition) is 1. The van der Waals surface area contributed by atoms with Gasteiger partial charge in [-0.1, -0.05) is 13.8 Å². The molecule has 0 radical (unpaired) electrons. The molecule has 0 aliphatic heterocycles. The number of benzene rings is 1. The van der Waals surface area contributed by atoms with Crippen LogP contribution in [-0.2, 0) is 11.3 Å². The van der Waals surface area contributed by atoms with Crippen LogP contribution in [0.3, 0.4) is 0 Å². The fourth-order valence-corrected chi connectivity index (χ4v) is 1.61. The van der Waals surface area contributed by atoms with Crippen LogP contribution in [0, 0.1) is 23.1 Å². The van der Waals surface area contributed by atoms with Crippen molar-refractivity contribution in [3.8, 4) is 6.07 Å². The molecule has 0 saturated heterocycles. The van der Waals surface area contributed by atoms with E-state index in [1.54, 1.807) is 0 Å². The second-order valence-corrected chi connectivity index (χ2v) is 4.88. The maximum Gasteiger partial charge on any atom is 0.123 e. The first-order valence-corrected chi connectivity index (χ1v) is 6.60. The van der Waals surface area contributed by atoms with Crippen molar-refractivity contribution in [2.45, 2.75) is 26.8 Å². The Labute approximate surface area is 114 Å². The van der Waals surface area contributed by atoms with Gasteiger partial charge in [0, 0.05) is 19.7 Å². The molecular formula is C15H21FN2O. The number of nitrogens with zero attached hydrogens (tertiary/aromatic N) is 1. The Morgan fingerprint density at radius 2 is 2.16 bits per heavy atom. The van der Waals surface area contributed by atoms with E-state index in [9.17, 15) is 4.39 Å². The van der Waals surface area contributed by atoms with Crippen LogP contribution in [0.2, 0.25) is 0 Å². The van der Waals surface area contributed by atoms with Crippen LogP contribution in [0.1, 0.15) is 31.4 Å². The lowest BCUT2D eigenvalue weighted by Crippen LogP contribution is -2.20. The first kappa shape index (κ1) is 15.6. The smallest absolute Gasteiger partial charge is 0.123 e. The van der Waals surface area contributed by atoms with Gasteiger partial charge < -0.3 is 10.1 Å². The van der Waals surface area contributed by atoms with Gasteiger partial charge in [0.1, 0.15) is 5.82 Å². The van der Waals surface area contributed by atoms with Gasteiger partial charge in [-0.15, -0.1) is 0 Å². The summed E-state index contributed by atoms with van der Waals surface area (Å²) in [5.74, 6) is 0.336. The predicted molar refractivity (Wildman–Crippen MR) is 73.1 cm³/mol. The molecule has 0 aromatic heterocycles. The number of nitrogens with one attached hydrogen (secondary N) is 1. The van der Waals surface area contributed by atoms with Gasteiger partial charge in [-0.05, 0) is 36.1 Å². The Morgan fingerprint density at radius 1 is 1.37 bits per heavy atom. The van der Waals surface area contributed by atoms with Crippen LogP contribution in [0.4, 0.5) is 4.39 Å². The molecule has 0 amide bonds. The predicted octanol–water partition coefficient (Wildman–Crippen LogP) is 2.85. The Balaban J connectivity index is 2.23. The van der Waals surface area contributed by atoms with Gasteiger partial charge >= 0.3 is 0 Å². The molecule has 104 valence electrons. The first-order chi connectivity index (χ1) is 9.13. The molecule has 1 rings (SSSR count). The fourth-order valence-electron chi connectivity index (χ4n) is 1.61. The van der Waals surface area contributed by atoms with E-state index in [0.717, 1.165) is 13.0 Å². The molecule has 19 heavy (non-hydrogen) atoms. The second kappa shape index (κ2) is 8.63. The normalized spacial score (nSPS) is 10.7. The van der Waals surface area contributed by atoms with Crippen molar-refractivity contribution in [2.75, 3.05) is 19.8 Å². The molecule has 0 heterocycles. The zero-order chi connectivity index (χ0) is 14.1. The molecule has 1 aromatic carbocycles. The molecule has 0 aliphatic rings. The van der Waals surface area contributed by atoms with Crippen molar-refractivity contribution < 1.29 is 9.13 Å². The highest BCUT2D eigenvalue weighted by molar-refractivity contribution is 5.37. The van der Waals surface area contributed by atoms with E-state index in [1.165, 1.54) is 18.2 Å². The summed E-state index contributed by atoms with van der Waals surface area (Å²) < 4.78 is 18.5. The maximum absolute atomic E-state index is 13.1. The Bertz CT molecular complexity index is 427. The Kier molecular flexibility index (Phi) is 7.09. The van der Waals surface area contributed by atoms with Crippen molar-refractivity contribution in [1.82, 2.24) is 5.32 Å². The third-order valence-electron chi connectivity index (χ3n) is 2.77. The number of rotatable bonds is 8. The minimum atomic E-state index is -0.316. The summed E-state index contributed by atoms with van der Waals surface area (Å²) in [7, 11) is 0. The summed E-state index contributed by atoms with van der Waals surface area (Å²) in [6, 6.07) is 6.26. The van der Waals surface area contributed by atoms with Crippen molar-refractivity contribution in [1.29, 1.82) is 5.26 Å². The SMILES string of the molecule is CC(C)CCOCCNCc1cc(F)ccc1C#N. The third-order valence-corrected chi connectivity index (χ3v) is 2.77. The summed E-state index contributed by atoms with van der Waals surface area (Å²) in [5, 5.41) is 12.1. The van der Waals surface area contributed by atoms with Crippen molar-refractivity contribution in [2.24, 2.45) is 5.92 Å². The third kappa shape index (κ3) is 6.32. The topological polar surface area (TPSA) is 45.0 Å². The minimum absolute atomic E-state index is 0.316. The second-order valence-electron chi connectivity index (χ2n) is 4.88. The standard InChI is InChI=1S/C15H21FN2O/c1-12(2)5-7-19-8-6-18-11-14-9-15(16)4-3-13(14)10-17/h3-4,9,12,18H,5-8,11H2,1-2H3. The van der Waals surface area contributed by atoms with E-state index < -0.39 is 0 Å². The van der Waals surface area contributed by atoms with E-state index >= 15 is 0 Å². The van der Waals surface area contributed by atoms with Crippen LogP contribution in [0.15, 0.2) is 18.2 Å². The molecule has 0 saturated carbocycles. The van der Waals surface area contributed by atoms with Crippen LogP contribution in [-0.4, -0.2) is 19.8 Å². The van der Waals surface area contributed by atoms with Gasteiger partial charge in [0.25, 0.3) is 0 Å². The van der Waals surface area contributed by atoms with Crippen molar-refractivity contribution >= 4 is 0 Å². The minimum Gasteiger partial charge on any atom is -0.380 e. The first-order valence-electron chi connectivity index (χ1n) is 6.60. The van der Waals surface area contributed by atoms with Crippen molar-refractivity contribution in [3.05, 3.63) is 35.1 Å². The van der Waals surface area contributed by atoms with E-state index in [2.05, 4.69) is 25.2 Å². The van der Waals surface area contributed by atoms with Crippen LogP contribution in [0.25, 0.3) is 0 Å². The van der Waals surface area contributed by atoms with Gasteiger partial charge in [-0.2, -0.15) is 5.26 Å². The quantitative estimate of drug-likeness (QED) is 0.734. The van der Waals surface area contributed by atoms with Gasteiger partial charge in [-0.25, -0.2) is 4.39 Å². The van der Waals surface area contributed by atoms with Crippen LogP contribution >= 0.6 is 0 Å². The largest absolute Gasteiger partial charge is 0.380 e. The van der Waals surface area contributed by atoms with E-state index in [1.807, 2.05) is 0 Å². The van der Waals surface area contributed by atoms with E-state index in [-0.39, 0.29) is 5.82 Å². The average Bonchev–Trinajstić information content (AvgIpc) is 2.37. The van der Waals surface area contributed by atoms with Gasteiger partial charge in [0.05, 0.1) is 18.2 Å². The van der Waals surface area contributed by atoms with Gasteiger partial charge in [0.15, 0.2) is 0 Å². The van der Waals surface area contributed by atoms with Crippen molar-refractivity contribution in [3.63, 3.8) is 0 Å². The molecular weight excluding hydrogens is 243 g/mol. The Hall–Kier alpha value is -1.44. The zero-order valence-electron chi connectivity index (χ0n) is 11.6. The maximum atomic E-state index is 13.1. The molecule has 1 aromatic rings. The molecule has 0 bridgehead atoms. The average molecular weight is 264 g/mol. The number of nitriles is 1. The van der Waals surface area contributed by atoms with E-state index in [4.69, 9.17) is 10.00 Å². The summed E-state index contributed by atoms with van der Waals surface area (Å²) in [4.78, 5) is 0. The lowest BCUT2D eigenvalue weighted by atomic mass is 10.1. The molecule has 4 heteroatoms. The lowest BCUT2D eigenvalue weighted by molar-refractivity contribution is 0.125. The fraction of sp³-hybridized carbons (Fsp3) is 0.533. The molecule has 0 aliphatic carbocycles. The molecule has 0 unspecified atom stereocenters. The zero-order valence-corrected chi connectivity index (χ0v) is 11.6. The molecule has 1 N–H and O–H groups in total. The monoisotopic (exact) mass is 264 g/mol. The molecule has 0 atom stereocenters. The van der Waals surface area contributed by atoms with E-state index in [0.29, 0.717) is 36.7 Å². The van der Waals surface area contributed by atoms with Gasteiger partial charge in [-0.3, -0.25) is 0 Å². The molecule has 3 nitrogen and oxygen atoms in total.